The van der Waals surface area contributed by atoms with Crippen LogP contribution >= 0.6 is 0 Å². The van der Waals surface area contributed by atoms with E-state index >= 15 is 0 Å². The van der Waals surface area contributed by atoms with Crippen molar-refractivity contribution in [3.8, 4) is 24.8 Å². The number of nitrogens with two attached hydrogens (primary N) is 1. The van der Waals surface area contributed by atoms with Crippen LogP contribution in [0.15, 0.2) is 23.2 Å². The minimum absolute atomic E-state index is 0.0939. The van der Waals surface area contributed by atoms with Gasteiger partial charge in [0.25, 0.3) is 0 Å². The number of nitriles is 1. The van der Waals surface area contributed by atoms with E-state index < -0.39 is 0 Å². The van der Waals surface area contributed by atoms with E-state index in [0.717, 1.165) is 75.2 Å². The molecule has 3 aliphatic heterocycles. The zero-order valence-electron chi connectivity index (χ0n) is 19.0. The Morgan fingerprint density at radius 3 is 2.61 bits per heavy atom. The fourth-order valence-electron chi connectivity index (χ4n) is 3.90. The van der Waals surface area contributed by atoms with Gasteiger partial charge >= 0.3 is 0 Å². The van der Waals surface area contributed by atoms with Gasteiger partial charge in [0.1, 0.15) is 5.75 Å². The molecular weight excluding hydrogens is 420 g/mol. The minimum Gasteiger partial charge on any atom is -0.493 e. The third-order valence-corrected chi connectivity index (χ3v) is 5.56. The number of nitrogens with zero attached hydrogens (tertiary/aromatic N) is 4. The number of guanidine groups is 1. The van der Waals surface area contributed by atoms with Gasteiger partial charge in [-0.05, 0) is 49.4 Å². The smallest absolute Gasteiger partial charge is 0.242 e. The quantitative estimate of drug-likeness (QED) is 0.237. The largest absolute Gasteiger partial charge is 0.493 e. The van der Waals surface area contributed by atoms with Crippen molar-refractivity contribution in [2.75, 3.05) is 32.8 Å². The molecule has 1 aromatic carbocycles. The minimum atomic E-state index is 0.0939. The van der Waals surface area contributed by atoms with Crippen LogP contribution in [0.2, 0.25) is 0 Å². The first-order valence-electron chi connectivity index (χ1n) is 11.2. The van der Waals surface area contributed by atoms with E-state index in [1.807, 2.05) is 17.0 Å². The summed E-state index contributed by atoms with van der Waals surface area (Å²) < 4.78 is 5.36. The van der Waals surface area contributed by atoms with Crippen LogP contribution in [0.3, 0.4) is 0 Å². The second-order valence-corrected chi connectivity index (χ2v) is 7.84. The molecule has 0 atom stereocenters. The standard InChI is InChI=1S/C12H20N2O2.C10H10N4O.C2H2/c15-11-6-2-1-3-9-14(11)10-12(16)13-7-4-5-8-13;11-6-13-10(12)14-8-1-2-9-7(5-8)3-4-15-9;1-2/h1-10H2;1-2,5H,3-4H2,(H3,12,13,14);1-2H. The van der Waals surface area contributed by atoms with Crippen molar-refractivity contribution in [1.82, 2.24) is 15.1 Å². The number of hydrogen-bond donors (Lipinski definition) is 2. The molecule has 176 valence electrons. The van der Waals surface area contributed by atoms with Crippen LogP contribution in [-0.4, -0.2) is 60.4 Å². The topological polar surface area (TPSA) is 124 Å². The predicted octanol–water partition coefficient (Wildman–Crippen LogP) is 1.90. The van der Waals surface area contributed by atoms with Crippen molar-refractivity contribution in [1.29, 1.82) is 5.26 Å². The van der Waals surface area contributed by atoms with Gasteiger partial charge in [-0.3, -0.25) is 14.9 Å². The maximum absolute atomic E-state index is 11.9. The first kappa shape index (κ1) is 25.5. The summed E-state index contributed by atoms with van der Waals surface area (Å²) in [6, 6.07) is 5.57. The summed E-state index contributed by atoms with van der Waals surface area (Å²) in [5, 5.41) is 10.6. The van der Waals surface area contributed by atoms with Gasteiger partial charge in [0.2, 0.25) is 17.8 Å². The van der Waals surface area contributed by atoms with Crippen molar-refractivity contribution in [3.63, 3.8) is 0 Å². The fraction of sp³-hybridized carbons (Fsp3) is 0.500. The molecule has 2 amide bonds. The van der Waals surface area contributed by atoms with Crippen LogP contribution in [0.25, 0.3) is 0 Å². The Balaban J connectivity index is 0.000000218. The lowest BCUT2D eigenvalue weighted by atomic mass is 10.1. The highest BCUT2D eigenvalue weighted by Crippen LogP contribution is 2.28. The summed E-state index contributed by atoms with van der Waals surface area (Å²) in [4.78, 5) is 31.3. The molecule has 3 N–H and O–H groups in total. The summed E-state index contributed by atoms with van der Waals surface area (Å²) in [7, 11) is 0. The van der Waals surface area contributed by atoms with Gasteiger partial charge in [-0.25, -0.2) is 4.99 Å². The summed E-state index contributed by atoms with van der Waals surface area (Å²) in [6.45, 7) is 3.54. The fourth-order valence-corrected chi connectivity index (χ4v) is 3.90. The van der Waals surface area contributed by atoms with Crippen molar-refractivity contribution in [2.24, 2.45) is 10.7 Å². The van der Waals surface area contributed by atoms with E-state index in [1.54, 1.807) is 17.2 Å². The lowest BCUT2D eigenvalue weighted by molar-refractivity contribution is -0.139. The van der Waals surface area contributed by atoms with Crippen LogP contribution in [-0.2, 0) is 16.0 Å². The number of nitrogens with one attached hydrogen (secondary N) is 1. The first-order valence-corrected chi connectivity index (χ1v) is 11.2. The van der Waals surface area contributed by atoms with Gasteiger partial charge in [-0.1, -0.05) is 6.42 Å². The Kier molecular flexibility index (Phi) is 10.6. The number of rotatable bonds is 3. The molecule has 3 heterocycles. The Morgan fingerprint density at radius 1 is 1.15 bits per heavy atom. The lowest BCUT2D eigenvalue weighted by Gasteiger charge is -2.23. The van der Waals surface area contributed by atoms with Crippen LogP contribution < -0.4 is 15.8 Å². The third-order valence-electron chi connectivity index (χ3n) is 5.56. The monoisotopic (exact) mass is 452 g/mol. The highest BCUT2D eigenvalue weighted by Gasteiger charge is 2.23. The number of aliphatic imine (C=N–C) groups is 1. The number of carbonyl (C=O) groups excluding carboxylic acids is 2. The number of ether oxygens (including phenoxy) is 1. The predicted molar refractivity (Wildman–Crippen MR) is 126 cm³/mol. The van der Waals surface area contributed by atoms with Crippen molar-refractivity contribution >= 4 is 23.5 Å². The van der Waals surface area contributed by atoms with Gasteiger partial charge in [0.15, 0.2) is 6.19 Å². The maximum Gasteiger partial charge on any atom is 0.242 e. The normalized spacial score (nSPS) is 17.2. The van der Waals surface area contributed by atoms with Crippen LogP contribution in [0.4, 0.5) is 5.69 Å². The Morgan fingerprint density at radius 2 is 1.88 bits per heavy atom. The zero-order valence-corrected chi connectivity index (χ0v) is 19.0. The second kappa shape index (κ2) is 13.6. The summed E-state index contributed by atoms with van der Waals surface area (Å²) >= 11 is 0. The molecular formula is C24H32N6O3. The highest BCUT2D eigenvalue weighted by atomic mass is 16.5. The summed E-state index contributed by atoms with van der Waals surface area (Å²) in [6.07, 6.45) is 16.6. The van der Waals surface area contributed by atoms with Crippen LogP contribution in [0.1, 0.15) is 44.1 Å². The molecule has 0 aliphatic carbocycles. The van der Waals surface area contributed by atoms with E-state index in [4.69, 9.17) is 15.7 Å². The molecule has 9 heteroatoms. The molecule has 2 fully saturated rings. The average Bonchev–Trinajstić information content (AvgIpc) is 3.48. The van der Waals surface area contributed by atoms with Crippen LogP contribution in [0, 0.1) is 24.3 Å². The molecule has 0 unspecified atom stereocenters. The maximum atomic E-state index is 11.9. The van der Waals surface area contributed by atoms with Crippen molar-refractivity contribution in [2.45, 2.75) is 44.9 Å². The molecule has 33 heavy (non-hydrogen) atoms. The zero-order chi connectivity index (χ0) is 24.1. The summed E-state index contributed by atoms with van der Waals surface area (Å²) in [5.41, 5.74) is 7.29. The number of terminal acetylenes is 1. The molecule has 0 radical (unpaired) electrons. The van der Waals surface area contributed by atoms with E-state index in [0.29, 0.717) is 19.6 Å². The molecule has 0 saturated carbocycles. The number of amides is 2. The Labute approximate surface area is 195 Å². The molecule has 9 nitrogen and oxygen atoms in total. The Hall–Kier alpha value is -3.72. The van der Waals surface area contributed by atoms with Crippen LogP contribution in [0.5, 0.6) is 5.75 Å². The number of carbonyl (C=O) groups is 2. The molecule has 0 bridgehead atoms. The number of hydrogen-bond acceptors (Lipinski definition) is 5. The lowest BCUT2D eigenvalue weighted by Crippen LogP contribution is -2.41. The van der Waals surface area contributed by atoms with Gasteiger partial charge in [-0.15, -0.1) is 12.8 Å². The first-order chi connectivity index (χ1) is 16.1. The Bertz CT molecular complexity index is 899. The average molecular weight is 453 g/mol. The number of fused-ring (bicyclic) bond motifs is 1. The van der Waals surface area contributed by atoms with Crippen molar-refractivity contribution < 1.29 is 14.3 Å². The molecule has 3 aliphatic rings. The van der Waals surface area contributed by atoms with E-state index in [1.165, 1.54) is 0 Å². The molecule has 1 aromatic rings. The highest BCUT2D eigenvalue weighted by molar-refractivity contribution is 5.85. The van der Waals surface area contributed by atoms with Crippen molar-refractivity contribution in [3.05, 3.63) is 23.8 Å². The second-order valence-electron chi connectivity index (χ2n) is 7.84. The van der Waals surface area contributed by atoms with Gasteiger partial charge in [0, 0.05) is 32.5 Å². The summed E-state index contributed by atoms with van der Waals surface area (Å²) in [5.74, 6) is 1.29. The van der Waals surface area contributed by atoms with Gasteiger partial charge in [-0.2, -0.15) is 5.26 Å². The third kappa shape index (κ3) is 8.04. The van der Waals surface area contributed by atoms with Gasteiger partial charge < -0.3 is 20.3 Å². The molecule has 2 saturated heterocycles. The van der Waals surface area contributed by atoms with E-state index in [2.05, 4.69) is 23.2 Å². The molecule has 0 aromatic heterocycles. The molecule has 4 rings (SSSR count). The van der Waals surface area contributed by atoms with E-state index in [9.17, 15) is 9.59 Å². The number of benzene rings is 1. The van der Waals surface area contributed by atoms with E-state index in [-0.39, 0.29) is 17.8 Å². The van der Waals surface area contributed by atoms with Gasteiger partial charge in [0.05, 0.1) is 18.8 Å². The molecule has 0 spiro atoms. The number of likely N-dealkylation sites (tertiary alicyclic amines) is 2. The SMILES string of the molecule is C#C.N#CNC(N)=Nc1ccc2c(c1)CCO2.O=C(CN1CCCCCC1=O)N1CCCC1.